The van der Waals surface area contributed by atoms with Crippen LogP contribution in [0.3, 0.4) is 0 Å². The van der Waals surface area contributed by atoms with Gasteiger partial charge in [0, 0.05) is 31.6 Å². The molecular formula is C15H24N4O5S. The number of likely N-dealkylation sites (tertiary alicyclic amines) is 1. The topological polar surface area (TPSA) is 106 Å². The first-order valence-electron chi connectivity index (χ1n) is 8.37. The van der Waals surface area contributed by atoms with Gasteiger partial charge in [0.15, 0.2) is 5.82 Å². The minimum atomic E-state index is -3.25. The van der Waals surface area contributed by atoms with Crippen LogP contribution in [0.2, 0.25) is 0 Å². The molecule has 0 aromatic carbocycles. The molecular weight excluding hydrogens is 348 g/mol. The van der Waals surface area contributed by atoms with E-state index in [1.54, 1.807) is 11.8 Å². The van der Waals surface area contributed by atoms with Crippen LogP contribution in [0.1, 0.15) is 24.6 Å². The van der Waals surface area contributed by atoms with Gasteiger partial charge in [0.05, 0.1) is 19.5 Å². The number of nitrogens with zero attached hydrogens (tertiary/aromatic N) is 4. The van der Waals surface area contributed by atoms with E-state index in [1.807, 2.05) is 0 Å². The number of carbonyl (C=O) groups is 1. The van der Waals surface area contributed by atoms with Crippen molar-refractivity contribution >= 4 is 15.9 Å². The molecule has 0 bridgehead atoms. The smallest absolute Gasteiger partial charge is 0.236 e. The predicted octanol–water partition coefficient (Wildman–Crippen LogP) is -0.179. The monoisotopic (exact) mass is 372 g/mol. The van der Waals surface area contributed by atoms with Crippen molar-refractivity contribution < 1.29 is 22.5 Å². The Balaban J connectivity index is 1.61. The molecule has 2 aliphatic rings. The summed E-state index contributed by atoms with van der Waals surface area (Å²) in [7, 11) is -3.25. The number of aromatic nitrogens is 2. The summed E-state index contributed by atoms with van der Waals surface area (Å²) < 4.78 is 36.0. The summed E-state index contributed by atoms with van der Waals surface area (Å²) in [6, 6.07) is 0. The number of amides is 1. The van der Waals surface area contributed by atoms with Crippen molar-refractivity contribution in [2.24, 2.45) is 5.41 Å². The SMILES string of the molecule is Cc1noc(CC(=O)N2CCC3(CC2)COCCN(S(C)(=O)=O)C3)n1. The van der Waals surface area contributed by atoms with Crippen LogP contribution in [0.4, 0.5) is 0 Å². The van der Waals surface area contributed by atoms with Gasteiger partial charge in [0.2, 0.25) is 21.8 Å². The molecule has 140 valence electrons. The number of carbonyl (C=O) groups excluding carboxylic acids is 1. The quantitative estimate of drug-likeness (QED) is 0.725. The van der Waals surface area contributed by atoms with Gasteiger partial charge < -0.3 is 14.2 Å². The van der Waals surface area contributed by atoms with E-state index in [-0.39, 0.29) is 17.7 Å². The van der Waals surface area contributed by atoms with Crippen molar-refractivity contribution in [3.8, 4) is 0 Å². The average molecular weight is 372 g/mol. The van der Waals surface area contributed by atoms with E-state index >= 15 is 0 Å². The highest BCUT2D eigenvalue weighted by molar-refractivity contribution is 7.88. The van der Waals surface area contributed by atoms with E-state index in [0.717, 1.165) is 0 Å². The van der Waals surface area contributed by atoms with Crippen molar-refractivity contribution in [3.63, 3.8) is 0 Å². The second-order valence-electron chi connectivity index (χ2n) is 6.94. The molecule has 2 saturated heterocycles. The summed E-state index contributed by atoms with van der Waals surface area (Å²) in [4.78, 5) is 18.2. The summed E-state index contributed by atoms with van der Waals surface area (Å²) in [6.07, 6.45) is 2.76. The van der Waals surface area contributed by atoms with Crippen LogP contribution in [0.15, 0.2) is 4.52 Å². The zero-order chi connectivity index (χ0) is 18.1. The van der Waals surface area contributed by atoms with Crippen LogP contribution in [-0.4, -0.2) is 79.3 Å². The summed E-state index contributed by atoms with van der Waals surface area (Å²) in [5.74, 6) is 0.786. The number of rotatable bonds is 3. The third-order valence-corrected chi connectivity index (χ3v) is 6.17. The molecule has 0 unspecified atom stereocenters. The molecule has 10 heteroatoms. The maximum atomic E-state index is 12.4. The largest absolute Gasteiger partial charge is 0.379 e. The van der Waals surface area contributed by atoms with Crippen LogP contribution in [-0.2, 0) is 26.0 Å². The second kappa shape index (κ2) is 7.00. The summed E-state index contributed by atoms with van der Waals surface area (Å²) in [5, 5.41) is 3.69. The third kappa shape index (κ3) is 4.36. The lowest BCUT2D eigenvalue weighted by Gasteiger charge is -2.42. The molecule has 3 heterocycles. The zero-order valence-corrected chi connectivity index (χ0v) is 15.4. The first-order chi connectivity index (χ1) is 11.8. The Hall–Kier alpha value is -1.52. The van der Waals surface area contributed by atoms with Crippen molar-refractivity contribution in [2.75, 3.05) is 45.6 Å². The number of sulfonamides is 1. The standard InChI is InChI=1S/C15H24N4O5S/c1-12-16-13(24-17-12)9-14(20)18-5-3-15(4-6-18)10-19(25(2,21)22)7-8-23-11-15/h3-11H2,1-2H3. The highest BCUT2D eigenvalue weighted by Gasteiger charge is 2.41. The van der Waals surface area contributed by atoms with Crippen LogP contribution < -0.4 is 0 Å². The van der Waals surface area contributed by atoms with E-state index in [4.69, 9.17) is 9.26 Å². The summed E-state index contributed by atoms with van der Waals surface area (Å²) in [6.45, 7) is 4.65. The average Bonchev–Trinajstić information content (AvgIpc) is 2.83. The van der Waals surface area contributed by atoms with Crippen molar-refractivity contribution in [1.82, 2.24) is 19.3 Å². The summed E-state index contributed by atoms with van der Waals surface area (Å²) >= 11 is 0. The maximum absolute atomic E-state index is 12.4. The highest BCUT2D eigenvalue weighted by Crippen LogP contribution is 2.35. The first-order valence-corrected chi connectivity index (χ1v) is 10.2. The lowest BCUT2D eigenvalue weighted by Crippen LogP contribution is -2.50. The fourth-order valence-electron chi connectivity index (χ4n) is 3.42. The molecule has 2 fully saturated rings. The minimum Gasteiger partial charge on any atom is -0.379 e. The molecule has 1 aromatic heterocycles. The number of piperidine rings is 1. The van der Waals surface area contributed by atoms with Crippen LogP contribution in [0.25, 0.3) is 0 Å². The predicted molar refractivity (Wildman–Crippen MR) is 88.2 cm³/mol. The van der Waals surface area contributed by atoms with E-state index < -0.39 is 10.0 Å². The van der Waals surface area contributed by atoms with Gasteiger partial charge in [-0.25, -0.2) is 8.42 Å². The Morgan fingerprint density at radius 1 is 1.28 bits per heavy atom. The number of hydrogen-bond donors (Lipinski definition) is 0. The molecule has 3 rings (SSSR count). The highest BCUT2D eigenvalue weighted by atomic mass is 32.2. The molecule has 0 atom stereocenters. The van der Waals surface area contributed by atoms with Crippen LogP contribution in [0, 0.1) is 12.3 Å². The molecule has 9 nitrogen and oxygen atoms in total. The van der Waals surface area contributed by atoms with Crippen molar-refractivity contribution in [1.29, 1.82) is 0 Å². The molecule has 1 spiro atoms. The summed E-state index contributed by atoms with van der Waals surface area (Å²) in [5.41, 5.74) is -0.225. The molecule has 0 radical (unpaired) electrons. The van der Waals surface area contributed by atoms with Crippen molar-refractivity contribution in [3.05, 3.63) is 11.7 Å². The molecule has 0 N–H and O–H groups in total. The molecule has 25 heavy (non-hydrogen) atoms. The lowest BCUT2D eigenvalue weighted by molar-refractivity contribution is -0.133. The number of ether oxygens (including phenoxy) is 1. The Morgan fingerprint density at radius 2 is 2.00 bits per heavy atom. The van der Waals surface area contributed by atoms with Crippen LogP contribution in [0.5, 0.6) is 0 Å². The number of aryl methyl sites for hydroxylation is 1. The Labute approximate surface area is 147 Å². The van der Waals surface area contributed by atoms with Gasteiger partial charge in [0.25, 0.3) is 0 Å². The van der Waals surface area contributed by atoms with Gasteiger partial charge in [-0.1, -0.05) is 5.16 Å². The Morgan fingerprint density at radius 3 is 2.60 bits per heavy atom. The van der Waals surface area contributed by atoms with Gasteiger partial charge >= 0.3 is 0 Å². The Kier molecular flexibility index (Phi) is 5.12. The first kappa shape index (κ1) is 18.3. The third-order valence-electron chi connectivity index (χ3n) is 4.92. The fourth-order valence-corrected chi connectivity index (χ4v) is 4.34. The van der Waals surface area contributed by atoms with Gasteiger partial charge in [-0.2, -0.15) is 9.29 Å². The normalized spacial score (nSPS) is 22.1. The number of hydrogen-bond acceptors (Lipinski definition) is 7. The molecule has 1 amide bonds. The minimum absolute atomic E-state index is 0.0481. The van der Waals surface area contributed by atoms with E-state index in [1.165, 1.54) is 10.6 Å². The fraction of sp³-hybridized carbons (Fsp3) is 0.800. The Bertz CT molecular complexity index is 724. The van der Waals surface area contributed by atoms with E-state index in [0.29, 0.717) is 63.9 Å². The van der Waals surface area contributed by atoms with E-state index in [2.05, 4.69) is 10.1 Å². The molecule has 1 aromatic rings. The lowest BCUT2D eigenvalue weighted by atomic mass is 9.79. The van der Waals surface area contributed by atoms with Gasteiger partial charge in [-0.05, 0) is 19.8 Å². The van der Waals surface area contributed by atoms with Crippen molar-refractivity contribution in [2.45, 2.75) is 26.2 Å². The molecule has 2 aliphatic heterocycles. The molecule has 0 aliphatic carbocycles. The second-order valence-corrected chi connectivity index (χ2v) is 8.92. The van der Waals surface area contributed by atoms with Gasteiger partial charge in [-0.3, -0.25) is 4.79 Å². The maximum Gasteiger partial charge on any atom is 0.236 e. The zero-order valence-electron chi connectivity index (χ0n) is 14.6. The van der Waals surface area contributed by atoms with E-state index in [9.17, 15) is 13.2 Å². The van der Waals surface area contributed by atoms with Crippen LogP contribution >= 0.6 is 0 Å². The van der Waals surface area contributed by atoms with Gasteiger partial charge in [0.1, 0.15) is 6.42 Å². The molecule has 0 saturated carbocycles. The van der Waals surface area contributed by atoms with Gasteiger partial charge in [-0.15, -0.1) is 0 Å².